The second kappa shape index (κ2) is 7.74. The summed E-state index contributed by atoms with van der Waals surface area (Å²) in [6.07, 6.45) is -0.515. The number of carbonyl (C=O) groups excluding carboxylic acids is 1. The molecule has 5 nitrogen and oxygen atoms in total. The number of carbonyl (C=O) groups is 1. The Kier molecular flexibility index (Phi) is 5.71. The van der Waals surface area contributed by atoms with Crippen molar-refractivity contribution in [2.75, 3.05) is 23.0 Å². The van der Waals surface area contributed by atoms with E-state index in [0.29, 0.717) is 23.0 Å². The molecule has 1 amide bonds. The van der Waals surface area contributed by atoms with Gasteiger partial charge in [-0.15, -0.1) is 0 Å². The summed E-state index contributed by atoms with van der Waals surface area (Å²) in [5.41, 5.74) is 8.99. The van der Waals surface area contributed by atoms with Crippen molar-refractivity contribution in [3.8, 4) is 0 Å². The number of ether oxygens (including phenoxy) is 1. The molecule has 6 heteroatoms. The fraction of sp³-hybridized carbons (Fsp3) is 0.235. The van der Waals surface area contributed by atoms with Crippen LogP contribution < -0.4 is 16.4 Å². The predicted molar refractivity (Wildman–Crippen MR) is 95.0 cm³/mol. The van der Waals surface area contributed by atoms with Gasteiger partial charge < -0.3 is 15.8 Å². The highest BCUT2D eigenvalue weighted by molar-refractivity contribution is 6.30. The van der Waals surface area contributed by atoms with Crippen molar-refractivity contribution in [2.24, 2.45) is 0 Å². The zero-order valence-electron chi connectivity index (χ0n) is 13.1. The van der Waals surface area contributed by atoms with E-state index in [1.165, 1.54) is 0 Å². The maximum absolute atomic E-state index is 11.4. The molecule has 0 saturated heterocycles. The minimum atomic E-state index is -0.515. The maximum Gasteiger partial charge on any atom is 0.411 e. The minimum Gasteiger partial charge on any atom is -0.450 e. The quantitative estimate of drug-likeness (QED) is 0.695. The molecular weight excluding hydrogens is 314 g/mol. The lowest BCUT2D eigenvalue weighted by atomic mass is 10.1. The second-order valence-corrected chi connectivity index (χ2v) is 5.50. The normalized spacial score (nSPS) is 11.6. The molecule has 2 aromatic rings. The predicted octanol–water partition coefficient (Wildman–Crippen LogP) is 4.66. The van der Waals surface area contributed by atoms with Gasteiger partial charge in [0.25, 0.3) is 0 Å². The van der Waals surface area contributed by atoms with E-state index in [9.17, 15) is 4.79 Å². The van der Waals surface area contributed by atoms with E-state index >= 15 is 0 Å². The van der Waals surface area contributed by atoms with Crippen LogP contribution in [0, 0.1) is 0 Å². The molecule has 0 radical (unpaired) electrons. The second-order valence-electron chi connectivity index (χ2n) is 5.07. The van der Waals surface area contributed by atoms with Crippen molar-refractivity contribution in [2.45, 2.75) is 19.9 Å². The number of rotatable bonds is 5. The van der Waals surface area contributed by atoms with Crippen LogP contribution in [-0.2, 0) is 4.74 Å². The topological polar surface area (TPSA) is 76.4 Å². The van der Waals surface area contributed by atoms with Crippen LogP contribution in [0.3, 0.4) is 0 Å². The van der Waals surface area contributed by atoms with Crippen molar-refractivity contribution in [1.82, 2.24) is 0 Å². The molecular formula is C17H20ClN3O2. The number of hydrogen-bond acceptors (Lipinski definition) is 4. The van der Waals surface area contributed by atoms with E-state index in [-0.39, 0.29) is 6.04 Å². The zero-order valence-corrected chi connectivity index (χ0v) is 13.9. The van der Waals surface area contributed by atoms with E-state index in [0.717, 1.165) is 11.3 Å². The molecule has 122 valence electrons. The van der Waals surface area contributed by atoms with E-state index in [2.05, 4.69) is 10.6 Å². The van der Waals surface area contributed by atoms with Gasteiger partial charge >= 0.3 is 6.09 Å². The third-order valence-electron chi connectivity index (χ3n) is 3.32. The first kappa shape index (κ1) is 17.0. The Balaban J connectivity index is 2.06. The number of benzene rings is 2. The van der Waals surface area contributed by atoms with Crippen molar-refractivity contribution < 1.29 is 9.53 Å². The first-order valence-electron chi connectivity index (χ1n) is 7.35. The van der Waals surface area contributed by atoms with Gasteiger partial charge in [0, 0.05) is 16.8 Å². The van der Waals surface area contributed by atoms with Gasteiger partial charge in [0.05, 0.1) is 18.0 Å². The lowest BCUT2D eigenvalue weighted by Crippen LogP contribution is -2.15. The molecule has 0 bridgehead atoms. The van der Waals surface area contributed by atoms with Crippen LogP contribution in [0.2, 0.25) is 5.02 Å². The monoisotopic (exact) mass is 333 g/mol. The fourth-order valence-electron chi connectivity index (χ4n) is 2.12. The van der Waals surface area contributed by atoms with Gasteiger partial charge in [0.15, 0.2) is 0 Å². The van der Waals surface area contributed by atoms with Crippen LogP contribution in [0.25, 0.3) is 0 Å². The molecule has 2 rings (SSSR count). The number of nitrogens with one attached hydrogen (secondary N) is 2. The Morgan fingerprint density at radius 3 is 2.57 bits per heavy atom. The van der Waals surface area contributed by atoms with Crippen LogP contribution in [0.1, 0.15) is 25.5 Å². The molecule has 23 heavy (non-hydrogen) atoms. The van der Waals surface area contributed by atoms with E-state index in [1.807, 2.05) is 43.3 Å². The van der Waals surface area contributed by atoms with Crippen LogP contribution in [0.4, 0.5) is 21.9 Å². The number of anilines is 3. The Bertz CT molecular complexity index is 674. The third-order valence-corrected chi connectivity index (χ3v) is 3.57. The van der Waals surface area contributed by atoms with Crippen LogP contribution in [0.5, 0.6) is 0 Å². The smallest absolute Gasteiger partial charge is 0.411 e. The van der Waals surface area contributed by atoms with Gasteiger partial charge in [-0.3, -0.25) is 5.32 Å². The van der Waals surface area contributed by atoms with Gasteiger partial charge in [-0.05, 0) is 55.8 Å². The number of halogens is 1. The first-order chi connectivity index (χ1) is 11.0. The summed E-state index contributed by atoms with van der Waals surface area (Å²) in [5.74, 6) is 0. The van der Waals surface area contributed by atoms with Crippen molar-refractivity contribution >= 4 is 34.8 Å². The first-order valence-corrected chi connectivity index (χ1v) is 7.72. The summed E-state index contributed by atoms with van der Waals surface area (Å²) in [6.45, 7) is 4.09. The van der Waals surface area contributed by atoms with Crippen molar-refractivity contribution in [1.29, 1.82) is 0 Å². The number of nitrogens with two attached hydrogens (primary N) is 1. The summed E-state index contributed by atoms with van der Waals surface area (Å²) in [7, 11) is 0. The van der Waals surface area contributed by atoms with Crippen LogP contribution in [0.15, 0.2) is 42.5 Å². The molecule has 0 fully saturated rings. The van der Waals surface area contributed by atoms with Gasteiger partial charge in [-0.1, -0.05) is 17.7 Å². The van der Waals surface area contributed by atoms with Gasteiger partial charge in [-0.2, -0.15) is 0 Å². The molecule has 1 atom stereocenters. The molecule has 0 aliphatic carbocycles. The molecule has 0 aliphatic rings. The third kappa shape index (κ3) is 4.79. The summed E-state index contributed by atoms with van der Waals surface area (Å²) < 4.78 is 4.84. The number of nitrogen functional groups attached to an aromatic ring is 1. The minimum absolute atomic E-state index is 0.0510. The summed E-state index contributed by atoms with van der Waals surface area (Å²) in [4.78, 5) is 11.4. The lowest BCUT2D eigenvalue weighted by molar-refractivity contribution is 0.168. The summed E-state index contributed by atoms with van der Waals surface area (Å²) in [6, 6.07) is 13.0. The van der Waals surface area contributed by atoms with Crippen molar-refractivity contribution in [3.63, 3.8) is 0 Å². The van der Waals surface area contributed by atoms with Gasteiger partial charge in [0.2, 0.25) is 0 Å². The van der Waals surface area contributed by atoms with E-state index in [1.54, 1.807) is 13.0 Å². The van der Waals surface area contributed by atoms with E-state index < -0.39 is 6.09 Å². The van der Waals surface area contributed by atoms with Crippen LogP contribution in [-0.4, -0.2) is 12.7 Å². The van der Waals surface area contributed by atoms with Gasteiger partial charge in [0.1, 0.15) is 0 Å². The highest BCUT2D eigenvalue weighted by Gasteiger charge is 2.10. The molecule has 4 N–H and O–H groups in total. The SMILES string of the molecule is CCOC(=O)Nc1ccc(C(C)Nc2ccc(Cl)cc2)cc1N. The highest BCUT2D eigenvalue weighted by Crippen LogP contribution is 2.26. The zero-order chi connectivity index (χ0) is 16.8. The summed E-state index contributed by atoms with van der Waals surface area (Å²) >= 11 is 5.88. The fourth-order valence-corrected chi connectivity index (χ4v) is 2.25. The standard InChI is InChI=1S/C17H20ClN3O2/c1-3-23-17(22)21-16-9-4-12(10-15(16)19)11(2)20-14-7-5-13(18)6-8-14/h4-11,20H,3,19H2,1-2H3,(H,21,22). The molecule has 0 aromatic heterocycles. The molecule has 0 saturated carbocycles. The average molecular weight is 334 g/mol. The molecule has 1 unspecified atom stereocenters. The lowest BCUT2D eigenvalue weighted by Gasteiger charge is -2.17. The Hall–Kier alpha value is -2.40. The Morgan fingerprint density at radius 1 is 1.26 bits per heavy atom. The average Bonchev–Trinajstić information content (AvgIpc) is 2.51. The number of hydrogen-bond donors (Lipinski definition) is 3. The van der Waals surface area contributed by atoms with Gasteiger partial charge in [-0.25, -0.2) is 4.79 Å². The molecule has 0 spiro atoms. The van der Waals surface area contributed by atoms with Crippen LogP contribution >= 0.6 is 11.6 Å². The highest BCUT2D eigenvalue weighted by atomic mass is 35.5. The van der Waals surface area contributed by atoms with Crippen molar-refractivity contribution in [3.05, 3.63) is 53.1 Å². The molecule has 0 aliphatic heterocycles. The number of amides is 1. The largest absolute Gasteiger partial charge is 0.450 e. The Labute approximate surface area is 140 Å². The Morgan fingerprint density at radius 2 is 1.96 bits per heavy atom. The summed E-state index contributed by atoms with van der Waals surface area (Å²) in [5, 5.41) is 6.68. The van der Waals surface area contributed by atoms with E-state index in [4.69, 9.17) is 22.1 Å². The molecule has 0 heterocycles. The maximum atomic E-state index is 11.4. The molecule has 2 aromatic carbocycles.